The second kappa shape index (κ2) is 6.80. The molecule has 0 bridgehead atoms. The Balaban J connectivity index is 1.54. The van der Waals surface area contributed by atoms with Crippen LogP contribution in [0.2, 0.25) is 0 Å². The van der Waals surface area contributed by atoms with Crippen LogP contribution in [-0.4, -0.2) is 45.5 Å². The Labute approximate surface area is 135 Å². The number of likely N-dealkylation sites (tertiary alicyclic amines) is 1. The van der Waals surface area contributed by atoms with Gasteiger partial charge in [0.05, 0.1) is 12.6 Å². The van der Waals surface area contributed by atoms with Crippen molar-refractivity contribution in [2.24, 2.45) is 0 Å². The number of hydrogen-bond acceptors (Lipinski definition) is 4. The van der Waals surface area contributed by atoms with Crippen molar-refractivity contribution in [1.29, 1.82) is 5.26 Å². The first-order valence-corrected chi connectivity index (χ1v) is 8.01. The first kappa shape index (κ1) is 15.5. The van der Waals surface area contributed by atoms with Gasteiger partial charge in [0.25, 0.3) is 0 Å². The molecule has 0 unspecified atom stereocenters. The minimum atomic E-state index is -0.253. The standard InChI is InChI=1S/C17H21N5O/c1-13(12-21-9-6-14-4-2-7-19-17(14)21)20-11-16(23)22-8-3-5-15(22)10-18/h2,4,6-7,9,13,15,20H,3,5,8,11-12H2,1H3/t13-,15-/m0/s1. The largest absolute Gasteiger partial charge is 0.331 e. The molecule has 1 amide bonds. The lowest BCUT2D eigenvalue weighted by Crippen LogP contribution is -2.43. The highest BCUT2D eigenvalue weighted by Crippen LogP contribution is 2.16. The lowest BCUT2D eigenvalue weighted by Gasteiger charge is -2.21. The molecular weight excluding hydrogens is 290 g/mol. The highest BCUT2D eigenvalue weighted by atomic mass is 16.2. The van der Waals surface area contributed by atoms with Crippen molar-refractivity contribution in [2.75, 3.05) is 13.1 Å². The zero-order chi connectivity index (χ0) is 16.2. The van der Waals surface area contributed by atoms with Crippen LogP contribution in [0, 0.1) is 11.3 Å². The predicted molar refractivity (Wildman–Crippen MR) is 87.5 cm³/mol. The Morgan fingerprint density at radius 2 is 2.43 bits per heavy atom. The van der Waals surface area contributed by atoms with E-state index in [0.29, 0.717) is 6.54 Å². The highest BCUT2D eigenvalue weighted by molar-refractivity contribution is 5.79. The maximum Gasteiger partial charge on any atom is 0.237 e. The van der Waals surface area contributed by atoms with Crippen LogP contribution in [0.25, 0.3) is 11.0 Å². The van der Waals surface area contributed by atoms with E-state index in [-0.39, 0.29) is 24.5 Å². The van der Waals surface area contributed by atoms with Gasteiger partial charge >= 0.3 is 0 Å². The van der Waals surface area contributed by atoms with E-state index in [0.717, 1.165) is 30.4 Å². The summed E-state index contributed by atoms with van der Waals surface area (Å²) in [6.45, 7) is 3.76. The van der Waals surface area contributed by atoms with Crippen molar-refractivity contribution in [3.63, 3.8) is 0 Å². The van der Waals surface area contributed by atoms with E-state index in [9.17, 15) is 4.79 Å². The third-order valence-electron chi connectivity index (χ3n) is 4.32. The zero-order valence-electron chi connectivity index (χ0n) is 13.3. The van der Waals surface area contributed by atoms with Gasteiger partial charge in [0.2, 0.25) is 5.91 Å². The van der Waals surface area contributed by atoms with Crippen molar-refractivity contribution in [1.82, 2.24) is 19.8 Å². The molecule has 0 radical (unpaired) electrons. The highest BCUT2D eigenvalue weighted by Gasteiger charge is 2.28. The van der Waals surface area contributed by atoms with Crippen LogP contribution in [0.3, 0.4) is 0 Å². The summed E-state index contributed by atoms with van der Waals surface area (Å²) in [5.41, 5.74) is 0.955. The van der Waals surface area contributed by atoms with Crippen molar-refractivity contribution < 1.29 is 4.79 Å². The predicted octanol–water partition coefficient (Wildman–Crippen LogP) is 1.53. The summed E-state index contributed by atoms with van der Waals surface area (Å²) < 4.78 is 2.09. The summed E-state index contributed by atoms with van der Waals surface area (Å²) in [6, 6.07) is 8.10. The molecule has 1 aliphatic rings. The van der Waals surface area contributed by atoms with Gasteiger partial charge in [-0.25, -0.2) is 4.98 Å². The fourth-order valence-electron chi connectivity index (χ4n) is 3.09. The van der Waals surface area contributed by atoms with Crippen LogP contribution in [0.1, 0.15) is 19.8 Å². The number of nitrogens with zero attached hydrogens (tertiary/aromatic N) is 4. The molecule has 1 fully saturated rings. The van der Waals surface area contributed by atoms with Crippen molar-refractivity contribution in [3.8, 4) is 6.07 Å². The molecule has 1 aliphatic heterocycles. The normalized spacial score (nSPS) is 19.0. The third kappa shape index (κ3) is 3.35. The summed E-state index contributed by atoms with van der Waals surface area (Å²) in [6.07, 6.45) is 5.51. The second-order valence-electron chi connectivity index (χ2n) is 6.04. The molecule has 120 valence electrons. The number of hydrogen-bond donors (Lipinski definition) is 1. The van der Waals surface area contributed by atoms with E-state index in [1.54, 1.807) is 11.1 Å². The average molecular weight is 311 g/mol. The Morgan fingerprint density at radius 3 is 3.26 bits per heavy atom. The van der Waals surface area contributed by atoms with Crippen LogP contribution in [0.15, 0.2) is 30.6 Å². The van der Waals surface area contributed by atoms with E-state index < -0.39 is 0 Å². The van der Waals surface area contributed by atoms with Gasteiger partial charge in [-0.2, -0.15) is 5.26 Å². The van der Waals surface area contributed by atoms with Crippen molar-refractivity contribution in [3.05, 3.63) is 30.6 Å². The van der Waals surface area contributed by atoms with Gasteiger partial charge in [0.15, 0.2) is 0 Å². The Hall–Kier alpha value is -2.39. The number of carbonyl (C=O) groups excluding carboxylic acids is 1. The monoisotopic (exact) mass is 311 g/mol. The number of rotatable bonds is 5. The molecule has 0 aromatic carbocycles. The van der Waals surface area contributed by atoms with Crippen LogP contribution in [-0.2, 0) is 11.3 Å². The first-order chi connectivity index (χ1) is 11.2. The van der Waals surface area contributed by atoms with E-state index in [2.05, 4.69) is 20.9 Å². The minimum absolute atomic E-state index is 0.0105. The molecule has 6 nitrogen and oxygen atoms in total. The fourth-order valence-corrected chi connectivity index (χ4v) is 3.09. The van der Waals surface area contributed by atoms with E-state index >= 15 is 0 Å². The van der Waals surface area contributed by atoms with E-state index in [1.807, 2.05) is 31.3 Å². The fraction of sp³-hybridized carbons (Fsp3) is 0.471. The smallest absolute Gasteiger partial charge is 0.237 e. The van der Waals surface area contributed by atoms with Gasteiger partial charge in [-0.1, -0.05) is 0 Å². The summed E-state index contributed by atoms with van der Waals surface area (Å²) >= 11 is 0. The van der Waals surface area contributed by atoms with E-state index in [1.165, 1.54) is 0 Å². The number of amides is 1. The van der Waals surface area contributed by atoms with Gasteiger partial charge < -0.3 is 14.8 Å². The molecule has 23 heavy (non-hydrogen) atoms. The number of nitriles is 1. The molecule has 6 heteroatoms. The average Bonchev–Trinajstić information content (AvgIpc) is 3.20. The molecule has 2 atom stereocenters. The van der Waals surface area contributed by atoms with Crippen LogP contribution >= 0.6 is 0 Å². The number of carbonyl (C=O) groups is 1. The Kier molecular flexibility index (Phi) is 4.58. The zero-order valence-corrected chi connectivity index (χ0v) is 13.3. The van der Waals surface area contributed by atoms with Crippen molar-refractivity contribution in [2.45, 2.75) is 38.4 Å². The molecule has 1 N–H and O–H groups in total. The lowest BCUT2D eigenvalue weighted by molar-refractivity contribution is -0.130. The molecule has 1 saturated heterocycles. The number of nitrogens with one attached hydrogen (secondary N) is 1. The lowest BCUT2D eigenvalue weighted by atomic mass is 10.2. The maximum atomic E-state index is 12.2. The van der Waals surface area contributed by atoms with Crippen LogP contribution in [0.4, 0.5) is 0 Å². The number of fused-ring (bicyclic) bond motifs is 1. The van der Waals surface area contributed by atoms with Gasteiger partial charge in [0.1, 0.15) is 11.7 Å². The molecular formula is C17H21N5O. The van der Waals surface area contributed by atoms with Gasteiger partial charge in [-0.15, -0.1) is 0 Å². The topological polar surface area (TPSA) is 74.0 Å². The van der Waals surface area contributed by atoms with Crippen LogP contribution in [0.5, 0.6) is 0 Å². The molecule has 0 spiro atoms. The van der Waals surface area contributed by atoms with Crippen molar-refractivity contribution >= 4 is 16.9 Å². The molecule has 3 rings (SSSR count). The third-order valence-corrected chi connectivity index (χ3v) is 4.32. The van der Waals surface area contributed by atoms with Gasteiger partial charge in [-0.3, -0.25) is 4.79 Å². The van der Waals surface area contributed by atoms with Crippen LogP contribution < -0.4 is 5.32 Å². The Morgan fingerprint density at radius 1 is 1.57 bits per heavy atom. The minimum Gasteiger partial charge on any atom is -0.331 e. The molecule has 2 aromatic rings. The summed E-state index contributed by atoms with van der Waals surface area (Å²) in [4.78, 5) is 18.3. The molecule has 0 aliphatic carbocycles. The summed E-state index contributed by atoms with van der Waals surface area (Å²) in [5, 5.41) is 13.4. The maximum absolute atomic E-state index is 12.2. The molecule has 2 aromatic heterocycles. The SMILES string of the molecule is C[C@@H](Cn1ccc2cccnc21)NCC(=O)N1CCC[C@H]1C#N. The van der Waals surface area contributed by atoms with Gasteiger partial charge in [0, 0.05) is 36.9 Å². The quantitative estimate of drug-likeness (QED) is 0.909. The first-order valence-electron chi connectivity index (χ1n) is 8.01. The Bertz CT molecular complexity index is 732. The summed E-state index contributed by atoms with van der Waals surface area (Å²) in [7, 11) is 0. The summed E-state index contributed by atoms with van der Waals surface area (Å²) in [5.74, 6) is 0.0105. The number of pyridine rings is 1. The molecule has 3 heterocycles. The second-order valence-corrected chi connectivity index (χ2v) is 6.04. The number of aromatic nitrogens is 2. The van der Waals surface area contributed by atoms with E-state index in [4.69, 9.17) is 5.26 Å². The van der Waals surface area contributed by atoms with Gasteiger partial charge in [-0.05, 0) is 38.0 Å². The molecule has 0 saturated carbocycles.